The lowest BCUT2D eigenvalue weighted by molar-refractivity contribution is 0.0793. The van der Waals surface area contributed by atoms with Crippen LogP contribution in [0.25, 0.3) is 0 Å². The van der Waals surface area contributed by atoms with E-state index in [0.29, 0.717) is 17.5 Å². The van der Waals surface area contributed by atoms with Gasteiger partial charge >= 0.3 is 0 Å². The molecule has 1 amide bonds. The molecule has 0 radical (unpaired) electrons. The summed E-state index contributed by atoms with van der Waals surface area (Å²) >= 11 is 0. The molecule has 1 fully saturated rings. The first-order chi connectivity index (χ1) is 9.22. The molecule has 0 atom stereocenters. The first kappa shape index (κ1) is 13.8. The lowest BCUT2D eigenvalue weighted by Gasteiger charge is -2.15. The standard InChI is InChI=1S/C16H21NO2/c1-2-3-9-15(18)13-7-6-8-14(12-13)16(19)17-10-4-5-11-17/h6-8,12H,2-5,9-11H2,1H3. The molecule has 1 aliphatic heterocycles. The van der Waals surface area contributed by atoms with Crippen LogP contribution >= 0.6 is 0 Å². The molecule has 0 aliphatic carbocycles. The first-order valence-electron chi connectivity index (χ1n) is 7.15. The molecule has 1 aliphatic rings. The van der Waals surface area contributed by atoms with Crippen molar-refractivity contribution in [1.82, 2.24) is 4.90 Å². The Bertz CT molecular complexity index is 462. The molecule has 1 aromatic rings. The van der Waals surface area contributed by atoms with Gasteiger partial charge in [0.1, 0.15) is 0 Å². The number of ketones is 1. The number of hydrogen-bond acceptors (Lipinski definition) is 2. The monoisotopic (exact) mass is 259 g/mol. The molecule has 0 aromatic heterocycles. The van der Waals surface area contributed by atoms with Crippen LogP contribution in [0.4, 0.5) is 0 Å². The van der Waals surface area contributed by atoms with Crippen LogP contribution in [-0.4, -0.2) is 29.7 Å². The van der Waals surface area contributed by atoms with E-state index in [4.69, 9.17) is 0 Å². The van der Waals surface area contributed by atoms with E-state index in [1.54, 1.807) is 18.2 Å². The Balaban J connectivity index is 2.10. The highest BCUT2D eigenvalue weighted by atomic mass is 16.2. The smallest absolute Gasteiger partial charge is 0.253 e. The first-order valence-corrected chi connectivity index (χ1v) is 7.15. The number of likely N-dealkylation sites (tertiary alicyclic amines) is 1. The minimum absolute atomic E-state index is 0.0580. The van der Waals surface area contributed by atoms with Crippen molar-refractivity contribution in [3.8, 4) is 0 Å². The van der Waals surface area contributed by atoms with Crippen molar-refractivity contribution in [2.75, 3.05) is 13.1 Å². The van der Waals surface area contributed by atoms with E-state index >= 15 is 0 Å². The van der Waals surface area contributed by atoms with Crippen molar-refractivity contribution in [3.63, 3.8) is 0 Å². The van der Waals surface area contributed by atoms with Crippen LogP contribution in [0.15, 0.2) is 24.3 Å². The van der Waals surface area contributed by atoms with Crippen LogP contribution in [0.3, 0.4) is 0 Å². The summed E-state index contributed by atoms with van der Waals surface area (Å²) in [5.74, 6) is 0.195. The van der Waals surface area contributed by atoms with Crippen molar-refractivity contribution < 1.29 is 9.59 Å². The molecule has 19 heavy (non-hydrogen) atoms. The molecule has 0 spiro atoms. The van der Waals surface area contributed by atoms with Gasteiger partial charge in [-0.05, 0) is 31.4 Å². The number of rotatable bonds is 5. The zero-order valence-corrected chi connectivity index (χ0v) is 11.5. The van der Waals surface area contributed by atoms with Crippen molar-refractivity contribution in [2.24, 2.45) is 0 Å². The van der Waals surface area contributed by atoms with Gasteiger partial charge in [0.25, 0.3) is 5.91 Å². The van der Waals surface area contributed by atoms with Gasteiger partial charge in [-0.2, -0.15) is 0 Å². The number of carbonyl (C=O) groups is 2. The Morgan fingerprint density at radius 1 is 1.16 bits per heavy atom. The maximum atomic E-state index is 12.3. The highest BCUT2D eigenvalue weighted by molar-refractivity contribution is 6.00. The van der Waals surface area contributed by atoms with E-state index < -0.39 is 0 Å². The number of carbonyl (C=O) groups excluding carboxylic acids is 2. The molecule has 0 N–H and O–H groups in total. The third-order valence-corrected chi connectivity index (χ3v) is 3.58. The molecule has 0 bridgehead atoms. The van der Waals surface area contributed by atoms with Crippen molar-refractivity contribution >= 4 is 11.7 Å². The van der Waals surface area contributed by atoms with Gasteiger partial charge in [-0.1, -0.05) is 25.5 Å². The average Bonchev–Trinajstić information content (AvgIpc) is 2.98. The topological polar surface area (TPSA) is 37.4 Å². The summed E-state index contributed by atoms with van der Waals surface area (Å²) in [5.41, 5.74) is 1.31. The van der Waals surface area contributed by atoms with E-state index in [0.717, 1.165) is 38.8 Å². The summed E-state index contributed by atoms with van der Waals surface area (Å²) in [5, 5.41) is 0. The molecule has 1 aromatic carbocycles. The molecule has 0 unspecified atom stereocenters. The van der Waals surface area contributed by atoms with Crippen LogP contribution in [-0.2, 0) is 0 Å². The predicted octanol–water partition coefficient (Wildman–Crippen LogP) is 3.30. The second-order valence-electron chi connectivity index (χ2n) is 5.11. The van der Waals surface area contributed by atoms with Crippen molar-refractivity contribution in [1.29, 1.82) is 0 Å². The largest absolute Gasteiger partial charge is 0.339 e. The van der Waals surface area contributed by atoms with Crippen LogP contribution < -0.4 is 0 Å². The highest BCUT2D eigenvalue weighted by Gasteiger charge is 2.20. The minimum Gasteiger partial charge on any atom is -0.339 e. The summed E-state index contributed by atoms with van der Waals surface area (Å²) in [7, 11) is 0. The Labute approximate surface area is 114 Å². The number of hydrogen-bond donors (Lipinski definition) is 0. The minimum atomic E-state index is 0.0580. The summed E-state index contributed by atoms with van der Waals surface area (Å²) in [4.78, 5) is 26.1. The highest BCUT2D eigenvalue weighted by Crippen LogP contribution is 2.15. The zero-order valence-electron chi connectivity index (χ0n) is 11.5. The molecule has 3 nitrogen and oxygen atoms in total. The van der Waals surface area contributed by atoms with Gasteiger partial charge in [-0.15, -0.1) is 0 Å². The van der Waals surface area contributed by atoms with Gasteiger partial charge in [0.05, 0.1) is 0 Å². The number of Topliss-reactive ketones (excluding diaryl/α,β-unsaturated/α-hetero) is 1. The molecule has 1 saturated heterocycles. The summed E-state index contributed by atoms with van der Waals surface area (Å²) in [6, 6.07) is 7.16. The van der Waals surface area contributed by atoms with E-state index in [2.05, 4.69) is 6.92 Å². The molecule has 3 heteroatoms. The van der Waals surface area contributed by atoms with E-state index in [9.17, 15) is 9.59 Å². The van der Waals surface area contributed by atoms with E-state index in [1.807, 2.05) is 11.0 Å². The molecule has 102 valence electrons. The summed E-state index contributed by atoms with van der Waals surface area (Å²) in [6.45, 7) is 3.75. The number of nitrogens with zero attached hydrogens (tertiary/aromatic N) is 1. The Morgan fingerprint density at radius 3 is 2.53 bits per heavy atom. The number of amides is 1. The van der Waals surface area contributed by atoms with Gasteiger partial charge in [0.2, 0.25) is 0 Å². The summed E-state index contributed by atoms with van der Waals surface area (Å²) in [6.07, 6.45) is 4.65. The molecule has 0 saturated carbocycles. The zero-order chi connectivity index (χ0) is 13.7. The summed E-state index contributed by atoms with van der Waals surface area (Å²) < 4.78 is 0. The third-order valence-electron chi connectivity index (χ3n) is 3.58. The predicted molar refractivity (Wildman–Crippen MR) is 75.4 cm³/mol. The van der Waals surface area contributed by atoms with Crippen molar-refractivity contribution in [3.05, 3.63) is 35.4 Å². The lowest BCUT2D eigenvalue weighted by Crippen LogP contribution is -2.27. The second-order valence-corrected chi connectivity index (χ2v) is 5.11. The lowest BCUT2D eigenvalue weighted by atomic mass is 10.0. The molecule has 2 rings (SSSR count). The Hall–Kier alpha value is -1.64. The molecule has 1 heterocycles. The van der Waals surface area contributed by atoms with Gasteiger partial charge in [0.15, 0.2) is 5.78 Å². The fourth-order valence-corrected chi connectivity index (χ4v) is 2.41. The maximum Gasteiger partial charge on any atom is 0.253 e. The van der Waals surface area contributed by atoms with Gasteiger partial charge in [0, 0.05) is 30.6 Å². The normalized spacial score (nSPS) is 14.7. The van der Waals surface area contributed by atoms with Crippen LogP contribution in [0, 0.1) is 0 Å². The van der Waals surface area contributed by atoms with Crippen molar-refractivity contribution in [2.45, 2.75) is 39.0 Å². The maximum absolute atomic E-state index is 12.3. The van der Waals surface area contributed by atoms with Gasteiger partial charge in [-0.25, -0.2) is 0 Å². The second kappa shape index (κ2) is 6.50. The van der Waals surface area contributed by atoms with Gasteiger partial charge < -0.3 is 4.90 Å². The molecular formula is C16H21NO2. The fraction of sp³-hybridized carbons (Fsp3) is 0.500. The number of benzene rings is 1. The van der Waals surface area contributed by atoms with E-state index in [-0.39, 0.29) is 11.7 Å². The van der Waals surface area contributed by atoms with Gasteiger partial charge in [-0.3, -0.25) is 9.59 Å². The quantitative estimate of drug-likeness (QED) is 0.761. The third kappa shape index (κ3) is 3.43. The SMILES string of the molecule is CCCCC(=O)c1cccc(C(=O)N2CCCC2)c1. The average molecular weight is 259 g/mol. The fourth-order valence-electron chi connectivity index (χ4n) is 2.41. The van der Waals surface area contributed by atoms with Crippen LogP contribution in [0.1, 0.15) is 59.7 Å². The Morgan fingerprint density at radius 2 is 1.84 bits per heavy atom. The van der Waals surface area contributed by atoms with Crippen LogP contribution in [0.2, 0.25) is 0 Å². The Kier molecular flexibility index (Phi) is 4.72. The number of unbranched alkanes of at least 4 members (excludes halogenated alkanes) is 1. The molecular weight excluding hydrogens is 238 g/mol. The van der Waals surface area contributed by atoms with Crippen LogP contribution in [0.5, 0.6) is 0 Å². The van der Waals surface area contributed by atoms with E-state index in [1.165, 1.54) is 0 Å².